The number of ether oxygens (including phenoxy) is 1. The Morgan fingerprint density at radius 2 is 2.21 bits per heavy atom. The number of morpholine rings is 1. The molecule has 0 bridgehead atoms. The lowest BCUT2D eigenvalue weighted by atomic mass is 10.3. The smallest absolute Gasteiger partial charge is 0.328 e. The van der Waals surface area contributed by atoms with E-state index in [-0.39, 0.29) is 12.0 Å². The maximum absolute atomic E-state index is 11.4. The molecule has 1 aliphatic rings. The molecule has 0 aliphatic carbocycles. The van der Waals surface area contributed by atoms with E-state index in [1.807, 2.05) is 6.92 Å². The quantitative estimate of drug-likeness (QED) is 0.629. The van der Waals surface area contributed by atoms with Crippen LogP contribution in [0.15, 0.2) is 12.2 Å². The third-order valence-corrected chi connectivity index (χ3v) is 1.92. The van der Waals surface area contributed by atoms with Crippen LogP contribution in [-0.2, 0) is 14.3 Å². The van der Waals surface area contributed by atoms with Gasteiger partial charge in [-0.3, -0.25) is 4.79 Å². The van der Waals surface area contributed by atoms with Crippen LogP contribution in [-0.4, -0.2) is 47.7 Å². The van der Waals surface area contributed by atoms with E-state index >= 15 is 0 Å². The summed E-state index contributed by atoms with van der Waals surface area (Å²) in [5.41, 5.74) is 0. The molecule has 0 spiro atoms. The van der Waals surface area contributed by atoms with Gasteiger partial charge in [-0.2, -0.15) is 0 Å². The molecule has 1 amide bonds. The number of aliphatic carboxylic acids is 1. The third-order valence-electron chi connectivity index (χ3n) is 1.92. The van der Waals surface area contributed by atoms with Crippen LogP contribution < -0.4 is 0 Å². The molecule has 0 radical (unpaired) electrons. The molecular formula is C9H13NO4. The van der Waals surface area contributed by atoms with Crippen molar-refractivity contribution in [3.63, 3.8) is 0 Å². The van der Waals surface area contributed by atoms with E-state index in [0.717, 1.165) is 12.2 Å². The highest BCUT2D eigenvalue weighted by Crippen LogP contribution is 2.04. The monoisotopic (exact) mass is 199 g/mol. The average Bonchev–Trinajstić information content (AvgIpc) is 2.14. The zero-order chi connectivity index (χ0) is 10.6. The summed E-state index contributed by atoms with van der Waals surface area (Å²) in [6, 6.07) is 0. The van der Waals surface area contributed by atoms with Crippen molar-refractivity contribution in [3.05, 3.63) is 12.2 Å². The van der Waals surface area contributed by atoms with Crippen molar-refractivity contribution in [1.82, 2.24) is 4.90 Å². The summed E-state index contributed by atoms with van der Waals surface area (Å²) >= 11 is 0. The highest BCUT2D eigenvalue weighted by molar-refractivity contribution is 5.93. The number of carboxylic acids is 1. The Hall–Kier alpha value is -1.36. The van der Waals surface area contributed by atoms with Crippen LogP contribution in [0.2, 0.25) is 0 Å². The van der Waals surface area contributed by atoms with Crippen molar-refractivity contribution in [2.24, 2.45) is 0 Å². The molecule has 1 heterocycles. The lowest BCUT2D eigenvalue weighted by molar-refractivity contribution is -0.134. The Labute approximate surface area is 82.0 Å². The van der Waals surface area contributed by atoms with Crippen molar-refractivity contribution < 1.29 is 19.4 Å². The van der Waals surface area contributed by atoms with Crippen molar-refractivity contribution in [2.45, 2.75) is 13.0 Å². The van der Waals surface area contributed by atoms with Crippen LogP contribution in [0, 0.1) is 0 Å². The van der Waals surface area contributed by atoms with Crippen LogP contribution >= 0.6 is 0 Å². The fourth-order valence-corrected chi connectivity index (χ4v) is 1.27. The van der Waals surface area contributed by atoms with Gasteiger partial charge in [0.15, 0.2) is 0 Å². The number of carboxylic acid groups (broad SMARTS) is 1. The minimum Gasteiger partial charge on any atom is -0.478 e. The first-order chi connectivity index (χ1) is 6.59. The van der Waals surface area contributed by atoms with Crippen LogP contribution in [0.25, 0.3) is 0 Å². The molecule has 5 heteroatoms. The molecule has 0 aromatic rings. The molecule has 1 saturated heterocycles. The van der Waals surface area contributed by atoms with Gasteiger partial charge in [-0.05, 0) is 6.92 Å². The van der Waals surface area contributed by atoms with E-state index in [1.54, 1.807) is 4.90 Å². The largest absolute Gasteiger partial charge is 0.478 e. The first-order valence-corrected chi connectivity index (χ1v) is 4.41. The highest BCUT2D eigenvalue weighted by atomic mass is 16.5. The summed E-state index contributed by atoms with van der Waals surface area (Å²) in [6.45, 7) is 3.42. The zero-order valence-corrected chi connectivity index (χ0v) is 7.97. The number of nitrogens with zero attached hydrogens (tertiary/aromatic N) is 1. The van der Waals surface area contributed by atoms with Crippen LogP contribution in [0.5, 0.6) is 0 Å². The van der Waals surface area contributed by atoms with E-state index in [4.69, 9.17) is 9.84 Å². The van der Waals surface area contributed by atoms with E-state index in [0.29, 0.717) is 19.7 Å². The SMILES string of the molecule is CC1CN(C(=O)/C=C\C(=O)O)CCO1. The Bertz CT molecular complexity index is 262. The van der Waals surface area contributed by atoms with Crippen molar-refractivity contribution in [1.29, 1.82) is 0 Å². The predicted molar refractivity (Wildman–Crippen MR) is 48.8 cm³/mol. The van der Waals surface area contributed by atoms with Crippen LogP contribution in [0.1, 0.15) is 6.92 Å². The molecule has 5 nitrogen and oxygen atoms in total. The summed E-state index contributed by atoms with van der Waals surface area (Å²) in [5.74, 6) is -1.39. The molecule has 0 saturated carbocycles. The molecular weight excluding hydrogens is 186 g/mol. The van der Waals surface area contributed by atoms with Crippen molar-refractivity contribution in [3.8, 4) is 0 Å². The van der Waals surface area contributed by atoms with Crippen LogP contribution in [0.4, 0.5) is 0 Å². The zero-order valence-electron chi connectivity index (χ0n) is 7.97. The van der Waals surface area contributed by atoms with Gasteiger partial charge in [-0.1, -0.05) is 0 Å². The molecule has 0 aromatic heterocycles. The second-order valence-electron chi connectivity index (χ2n) is 3.14. The minimum atomic E-state index is -1.11. The highest BCUT2D eigenvalue weighted by Gasteiger charge is 2.19. The molecule has 1 fully saturated rings. The molecule has 1 aliphatic heterocycles. The Morgan fingerprint density at radius 1 is 1.50 bits per heavy atom. The predicted octanol–water partition coefficient (Wildman–Crippen LogP) is -0.126. The maximum Gasteiger partial charge on any atom is 0.328 e. The fourth-order valence-electron chi connectivity index (χ4n) is 1.27. The van der Waals surface area contributed by atoms with Gasteiger partial charge in [0.05, 0.1) is 12.7 Å². The van der Waals surface area contributed by atoms with E-state index in [9.17, 15) is 9.59 Å². The fraction of sp³-hybridized carbons (Fsp3) is 0.556. The maximum atomic E-state index is 11.4. The van der Waals surface area contributed by atoms with E-state index in [2.05, 4.69) is 0 Å². The minimum absolute atomic E-state index is 0.0194. The van der Waals surface area contributed by atoms with Crippen LogP contribution in [0.3, 0.4) is 0 Å². The Morgan fingerprint density at radius 3 is 2.79 bits per heavy atom. The summed E-state index contributed by atoms with van der Waals surface area (Å²) in [5, 5.41) is 8.33. The number of rotatable bonds is 2. The van der Waals surface area contributed by atoms with E-state index in [1.165, 1.54) is 0 Å². The average molecular weight is 199 g/mol. The molecule has 1 rings (SSSR count). The normalized spacial score (nSPS) is 22.6. The lowest BCUT2D eigenvalue weighted by Crippen LogP contribution is -2.43. The van der Waals surface area contributed by atoms with Gasteiger partial charge in [0.2, 0.25) is 5.91 Å². The molecule has 1 N–H and O–H groups in total. The van der Waals surface area contributed by atoms with Gasteiger partial charge < -0.3 is 14.7 Å². The topological polar surface area (TPSA) is 66.8 Å². The number of carbonyl (C=O) groups is 2. The number of hydrogen-bond donors (Lipinski definition) is 1. The molecule has 1 unspecified atom stereocenters. The molecule has 78 valence electrons. The Kier molecular flexibility index (Phi) is 3.64. The number of amides is 1. The van der Waals surface area contributed by atoms with Gasteiger partial charge in [-0.25, -0.2) is 4.79 Å². The second-order valence-corrected chi connectivity index (χ2v) is 3.14. The number of hydrogen-bond acceptors (Lipinski definition) is 3. The molecule has 1 atom stereocenters. The summed E-state index contributed by atoms with van der Waals surface area (Å²) in [6.07, 6.45) is 1.94. The van der Waals surface area contributed by atoms with E-state index < -0.39 is 5.97 Å². The standard InChI is InChI=1S/C9H13NO4/c1-7-6-10(4-5-14-7)8(11)2-3-9(12)13/h2-3,7H,4-6H2,1H3,(H,12,13)/b3-2-. The summed E-state index contributed by atoms with van der Waals surface area (Å²) in [7, 11) is 0. The first-order valence-electron chi connectivity index (χ1n) is 4.41. The van der Waals surface area contributed by atoms with Gasteiger partial charge in [0.25, 0.3) is 0 Å². The molecule has 14 heavy (non-hydrogen) atoms. The van der Waals surface area contributed by atoms with Gasteiger partial charge in [-0.15, -0.1) is 0 Å². The van der Waals surface area contributed by atoms with Gasteiger partial charge in [0, 0.05) is 25.2 Å². The first kappa shape index (κ1) is 10.7. The number of carbonyl (C=O) groups excluding carboxylic acids is 1. The summed E-state index contributed by atoms with van der Waals surface area (Å²) < 4.78 is 5.25. The third kappa shape index (κ3) is 3.18. The summed E-state index contributed by atoms with van der Waals surface area (Å²) in [4.78, 5) is 23.1. The van der Waals surface area contributed by atoms with Crippen molar-refractivity contribution >= 4 is 11.9 Å². The molecule has 0 aromatic carbocycles. The lowest BCUT2D eigenvalue weighted by Gasteiger charge is -2.30. The second kappa shape index (κ2) is 4.76. The van der Waals surface area contributed by atoms with Gasteiger partial charge in [0.1, 0.15) is 0 Å². The Balaban J connectivity index is 2.47. The van der Waals surface area contributed by atoms with Crippen molar-refractivity contribution in [2.75, 3.05) is 19.7 Å². The van der Waals surface area contributed by atoms with Gasteiger partial charge >= 0.3 is 5.97 Å².